The van der Waals surface area contributed by atoms with Crippen LogP contribution in [0.4, 0.5) is 14.5 Å². The van der Waals surface area contributed by atoms with Crippen LogP contribution in [0.2, 0.25) is 0 Å². The van der Waals surface area contributed by atoms with Crippen LogP contribution in [0.5, 0.6) is 5.75 Å². The highest BCUT2D eigenvalue weighted by atomic mass is 19.3. The molecule has 6 N–H and O–H groups in total. The SMILES string of the molecule is C#CCCC(NC(=O)COCCOCCOCN=[N+]=[N-])C(=O)Nc1ccc(OC2OC(C(=O)O)C(O)C(O)C2O)c(C(F)F)c1. The number of azide groups is 1. The number of aliphatic carboxylic acids is 1. The second-order valence-corrected chi connectivity index (χ2v) is 9.19. The summed E-state index contributed by atoms with van der Waals surface area (Å²) < 4.78 is 53.4. The molecule has 248 valence electrons. The van der Waals surface area contributed by atoms with E-state index in [0.29, 0.717) is 0 Å². The van der Waals surface area contributed by atoms with E-state index in [9.17, 15) is 38.5 Å². The molecule has 1 aromatic rings. The van der Waals surface area contributed by atoms with Crippen molar-refractivity contribution in [3.05, 3.63) is 34.2 Å². The van der Waals surface area contributed by atoms with Gasteiger partial charge in [0.25, 0.3) is 6.43 Å². The van der Waals surface area contributed by atoms with Gasteiger partial charge in [-0.15, -0.1) is 12.3 Å². The molecule has 6 unspecified atom stereocenters. The first-order valence-corrected chi connectivity index (χ1v) is 13.3. The van der Waals surface area contributed by atoms with Gasteiger partial charge < -0.3 is 54.7 Å². The van der Waals surface area contributed by atoms with Crippen LogP contribution in [-0.2, 0) is 33.3 Å². The highest BCUT2D eigenvalue weighted by molar-refractivity contribution is 5.97. The first-order chi connectivity index (χ1) is 21.5. The number of nitrogens with zero attached hydrogens (tertiary/aromatic N) is 3. The molecule has 1 aliphatic rings. The van der Waals surface area contributed by atoms with Crippen LogP contribution in [0, 0.1) is 12.3 Å². The standard InChI is InChI=1S/C26H33F2N5O12/c1-2-3-4-16(32-18(34)12-42-9-7-41-8-10-43-13-30-33-29)24(38)31-14-5-6-17(15(11-14)23(27)28)44-26-21(37)19(35)20(36)22(45-26)25(39)40/h1,5-6,11,16,19-23,26,35-37H,3-4,7-10,12-13H2,(H,31,38)(H,32,34)(H,39,40). The van der Waals surface area contributed by atoms with Gasteiger partial charge in [0.1, 0.15) is 43.4 Å². The van der Waals surface area contributed by atoms with Gasteiger partial charge in [-0.1, -0.05) is 5.11 Å². The molecule has 1 saturated heterocycles. The Balaban J connectivity index is 1.97. The lowest BCUT2D eigenvalue weighted by Crippen LogP contribution is -2.61. The minimum Gasteiger partial charge on any atom is -0.479 e. The fraction of sp³-hybridized carbons (Fsp3) is 0.577. The molecular formula is C26H33F2N5O12. The number of terminal acetylenes is 1. The Morgan fingerprint density at radius 1 is 1.09 bits per heavy atom. The first kappa shape index (κ1) is 37.1. The van der Waals surface area contributed by atoms with Crippen molar-refractivity contribution in [1.82, 2.24) is 5.32 Å². The number of rotatable bonds is 19. The average molecular weight is 646 g/mol. The van der Waals surface area contributed by atoms with Gasteiger partial charge in [-0.2, -0.15) is 0 Å². The lowest BCUT2D eigenvalue weighted by atomic mass is 9.99. The van der Waals surface area contributed by atoms with Crippen molar-refractivity contribution in [1.29, 1.82) is 0 Å². The second-order valence-electron chi connectivity index (χ2n) is 9.19. The molecule has 1 aliphatic heterocycles. The van der Waals surface area contributed by atoms with Crippen molar-refractivity contribution in [2.75, 3.05) is 45.1 Å². The topological polar surface area (TPSA) is 251 Å². The number of aliphatic hydroxyl groups excluding tert-OH is 3. The third-order valence-electron chi connectivity index (χ3n) is 5.99. The van der Waals surface area contributed by atoms with Gasteiger partial charge >= 0.3 is 5.97 Å². The quantitative estimate of drug-likeness (QED) is 0.0384. The molecule has 2 amide bonds. The Labute approximate surface area is 255 Å². The van der Waals surface area contributed by atoms with E-state index in [1.165, 1.54) is 0 Å². The van der Waals surface area contributed by atoms with E-state index in [4.69, 9.17) is 40.7 Å². The number of amides is 2. The van der Waals surface area contributed by atoms with E-state index in [0.717, 1.165) is 18.2 Å². The summed E-state index contributed by atoms with van der Waals surface area (Å²) in [6, 6.07) is 1.81. The summed E-state index contributed by atoms with van der Waals surface area (Å²) in [5.74, 6) is -1.38. The number of halogens is 2. The van der Waals surface area contributed by atoms with Crippen LogP contribution < -0.4 is 15.4 Å². The second kappa shape index (κ2) is 19.3. The van der Waals surface area contributed by atoms with E-state index in [2.05, 4.69) is 26.6 Å². The number of hydrogen-bond donors (Lipinski definition) is 6. The van der Waals surface area contributed by atoms with E-state index in [1.54, 1.807) is 0 Å². The molecule has 1 aromatic carbocycles. The maximum absolute atomic E-state index is 13.9. The molecule has 1 fully saturated rings. The van der Waals surface area contributed by atoms with Gasteiger partial charge in [0.15, 0.2) is 6.10 Å². The van der Waals surface area contributed by atoms with E-state index in [1.807, 2.05) is 0 Å². The van der Waals surface area contributed by atoms with Gasteiger partial charge in [0.2, 0.25) is 18.1 Å². The van der Waals surface area contributed by atoms with Crippen LogP contribution >= 0.6 is 0 Å². The van der Waals surface area contributed by atoms with E-state index in [-0.39, 0.29) is 51.7 Å². The molecule has 45 heavy (non-hydrogen) atoms. The molecule has 19 heteroatoms. The Morgan fingerprint density at radius 2 is 1.78 bits per heavy atom. The zero-order chi connectivity index (χ0) is 33.4. The lowest BCUT2D eigenvalue weighted by molar-refractivity contribution is -0.271. The molecule has 0 radical (unpaired) electrons. The Morgan fingerprint density at radius 3 is 2.42 bits per heavy atom. The predicted octanol–water partition coefficient (Wildman–Crippen LogP) is 0.0495. The molecule has 0 saturated carbocycles. The summed E-state index contributed by atoms with van der Waals surface area (Å²) in [6.45, 7) is -0.0229. The Bertz CT molecular complexity index is 1230. The largest absolute Gasteiger partial charge is 0.479 e. The fourth-order valence-electron chi connectivity index (χ4n) is 3.77. The molecule has 17 nitrogen and oxygen atoms in total. The summed E-state index contributed by atoms with van der Waals surface area (Å²) in [7, 11) is 0. The van der Waals surface area contributed by atoms with Gasteiger partial charge in [-0.3, -0.25) is 9.59 Å². The van der Waals surface area contributed by atoms with Gasteiger partial charge in [-0.05, 0) is 30.2 Å². The number of carboxylic acid groups (broad SMARTS) is 1. The minimum atomic E-state index is -3.19. The zero-order valence-corrected chi connectivity index (χ0v) is 23.7. The minimum absolute atomic E-state index is 0.00571. The van der Waals surface area contributed by atoms with Gasteiger partial charge in [-0.25, -0.2) is 13.6 Å². The molecule has 0 aliphatic carbocycles. The number of nitrogens with one attached hydrogen (secondary N) is 2. The molecule has 1 heterocycles. The van der Waals surface area contributed by atoms with Crippen molar-refractivity contribution in [2.45, 2.75) is 56.0 Å². The number of hydrogen-bond acceptors (Lipinski definition) is 12. The van der Waals surface area contributed by atoms with Crippen LogP contribution in [0.3, 0.4) is 0 Å². The Kier molecular flexibility index (Phi) is 15.9. The van der Waals surface area contributed by atoms with Crippen molar-refractivity contribution in [3.8, 4) is 18.1 Å². The van der Waals surface area contributed by atoms with Crippen LogP contribution in [0.1, 0.15) is 24.8 Å². The van der Waals surface area contributed by atoms with Crippen LogP contribution in [-0.4, -0.2) is 115 Å². The molecule has 0 aromatic heterocycles. The maximum Gasteiger partial charge on any atom is 0.335 e. The van der Waals surface area contributed by atoms with Crippen LogP contribution in [0.25, 0.3) is 10.4 Å². The number of alkyl halides is 2. The van der Waals surface area contributed by atoms with Crippen molar-refractivity contribution < 1.29 is 67.3 Å². The lowest BCUT2D eigenvalue weighted by Gasteiger charge is -2.38. The number of benzene rings is 1. The number of carbonyl (C=O) groups excluding carboxylic acids is 2. The predicted molar refractivity (Wildman–Crippen MR) is 147 cm³/mol. The summed E-state index contributed by atoms with van der Waals surface area (Å²) in [5, 5.41) is 47.1. The van der Waals surface area contributed by atoms with Crippen molar-refractivity contribution >= 4 is 23.5 Å². The molecular weight excluding hydrogens is 612 g/mol. The molecule has 6 atom stereocenters. The van der Waals surface area contributed by atoms with E-state index < -0.39 is 78.9 Å². The number of carboxylic acids is 1. The fourth-order valence-corrected chi connectivity index (χ4v) is 3.77. The zero-order valence-electron chi connectivity index (χ0n) is 23.7. The first-order valence-electron chi connectivity index (χ1n) is 13.3. The normalized spacial score (nSPS) is 21.7. The Hall–Kier alpha value is -4.12. The smallest absolute Gasteiger partial charge is 0.335 e. The van der Waals surface area contributed by atoms with Crippen molar-refractivity contribution in [2.24, 2.45) is 5.11 Å². The number of anilines is 1. The third kappa shape index (κ3) is 12.1. The van der Waals surface area contributed by atoms with Gasteiger partial charge in [0.05, 0.1) is 32.0 Å². The summed E-state index contributed by atoms with van der Waals surface area (Å²) in [6.07, 6.45) is -7.79. The highest BCUT2D eigenvalue weighted by Gasteiger charge is 2.48. The molecule has 0 spiro atoms. The van der Waals surface area contributed by atoms with Crippen LogP contribution in [0.15, 0.2) is 23.3 Å². The summed E-state index contributed by atoms with van der Waals surface area (Å²) >= 11 is 0. The molecule has 2 rings (SSSR count). The van der Waals surface area contributed by atoms with Gasteiger partial charge in [0, 0.05) is 17.0 Å². The maximum atomic E-state index is 13.9. The highest BCUT2D eigenvalue weighted by Crippen LogP contribution is 2.34. The average Bonchev–Trinajstić information content (AvgIpc) is 3.00. The molecule has 0 bridgehead atoms. The van der Waals surface area contributed by atoms with Crippen molar-refractivity contribution in [3.63, 3.8) is 0 Å². The third-order valence-corrected chi connectivity index (χ3v) is 5.99. The summed E-state index contributed by atoms with van der Waals surface area (Å²) in [4.78, 5) is 39.1. The number of carbonyl (C=O) groups is 3. The van der Waals surface area contributed by atoms with E-state index >= 15 is 0 Å². The number of ether oxygens (including phenoxy) is 5. The monoisotopic (exact) mass is 645 g/mol. The number of aliphatic hydroxyl groups is 3. The summed E-state index contributed by atoms with van der Waals surface area (Å²) in [5.41, 5.74) is 7.20.